The normalized spacial score (nSPS) is 15.6. The number of hydrogen-bond acceptors (Lipinski definition) is 4. The maximum absolute atomic E-state index is 13.0. The van der Waals surface area contributed by atoms with E-state index in [4.69, 9.17) is 4.42 Å². The second-order valence-electron chi connectivity index (χ2n) is 6.10. The van der Waals surface area contributed by atoms with Crippen LogP contribution >= 0.6 is 27.7 Å². The van der Waals surface area contributed by atoms with Gasteiger partial charge in [0.2, 0.25) is 0 Å². The van der Waals surface area contributed by atoms with Crippen LogP contribution < -0.4 is 0 Å². The van der Waals surface area contributed by atoms with Crippen LogP contribution in [0.25, 0.3) is 17.4 Å². The predicted molar refractivity (Wildman–Crippen MR) is 110 cm³/mol. The predicted octanol–water partition coefficient (Wildman–Crippen LogP) is 6.08. The third-order valence-corrected chi connectivity index (χ3v) is 5.59. The van der Waals surface area contributed by atoms with Crippen molar-refractivity contribution >= 4 is 44.9 Å². The Labute approximate surface area is 173 Å². The molecule has 7 heteroatoms. The maximum atomic E-state index is 13.0. The highest BCUT2D eigenvalue weighted by Gasteiger charge is 2.35. The molecule has 1 aromatic heterocycles. The number of amides is 2. The lowest BCUT2D eigenvalue weighted by Crippen LogP contribution is -2.27. The fourth-order valence-electron chi connectivity index (χ4n) is 2.74. The minimum Gasteiger partial charge on any atom is -0.457 e. The lowest BCUT2D eigenvalue weighted by molar-refractivity contribution is -0.123. The summed E-state index contributed by atoms with van der Waals surface area (Å²) in [7, 11) is 0. The number of thioether (sulfide) groups is 1. The van der Waals surface area contributed by atoms with Crippen LogP contribution in [0.5, 0.6) is 0 Å². The van der Waals surface area contributed by atoms with Gasteiger partial charge in [-0.05, 0) is 53.7 Å². The van der Waals surface area contributed by atoms with Gasteiger partial charge in [0, 0.05) is 16.1 Å². The summed E-state index contributed by atoms with van der Waals surface area (Å²) in [5.41, 5.74) is 1.59. The molecule has 1 aliphatic heterocycles. The monoisotopic (exact) mass is 457 g/mol. The zero-order chi connectivity index (χ0) is 19.7. The summed E-state index contributed by atoms with van der Waals surface area (Å²) < 4.78 is 19.8. The molecule has 0 saturated carbocycles. The van der Waals surface area contributed by atoms with E-state index in [1.54, 1.807) is 24.3 Å². The molecular formula is C21H13BrFNO3S. The summed E-state index contributed by atoms with van der Waals surface area (Å²) in [5.74, 6) is 0.410. The third-order valence-electron chi connectivity index (χ3n) is 4.16. The quantitative estimate of drug-likeness (QED) is 0.445. The molecule has 2 aromatic carbocycles. The number of carbonyl (C=O) groups is 2. The number of furan rings is 1. The molecule has 0 aliphatic carbocycles. The Morgan fingerprint density at radius 1 is 1.00 bits per heavy atom. The molecule has 1 aliphatic rings. The molecule has 0 spiro atoms. The second-order valence-corrected chi connectivity index (χ2v) is 8.01. The largest absolute Gasteiger partial charge is 0.457 e. The van der Waals surface area contributed by atoms with Crippen LogP contribution in [-0.2, 0) is 11.3 Å². The lowest BCUT2D eigenvalue weighted by atomic mass is 10.2. The number of halogens is 2. The highest BCUT2D eigenvalue weighted by molar-refractivity contribution is 9.10. The first-order valence-corrected chi connectivity index (χ1v) is 9.96. The highest BCUT2D eigenvalue weighted by atomic mass is 79.9. The van der Waals surface area contributed by atoms with E-state index in [9.17, 15) is 14.0 Å². The molecule has 0 radical (unpaired) electrons. The molecule has 0 unspecified atom stereocenters. The molecule has 2 heterocycles. The first kappa shape index (κ1) is 18.7. The average molecular weight is 458 g/mol. The van der Waals surface area contributed by atoms with E-state index in [0.29, 0.717) is 22.0 Å². The fourth-order valence-corrected chi connectivity index (χ4v) is 3.82. The van der Waals surface area contributed by atoms with Crippen molar-refractivity contribution < 1.29 is 18.4 Å². The average Bonchev–Trinajstić information content (AvgIpc) is 3.24. The Hall–Kier alpha value is -2.64. The van der Waals surface area contributed by atoms with Crippen LogP contribution in [0, 0.1) is 5.82 Å². The second kappa shape index (κ2) is 7.77. The molecule has 140 valence electrons. The van der Waals surface area contributed by atoms with Gasteiger partial charge in [0.15, 0.2) is 0 Å². The van der Waals surface area contributed by atoms with E-state index in [-0.39, 0.29) is 23.5 Å². The minimum atomic E-state index is -0.388. The van der Waals surface area contributed by atoms with Gasteiger partial charge in [0.05, 0.1) is 11.4 Å². The van der Waals surface area contributed by atoms with Crippen molar-refractivity contribution in [3.63, 3.8) is 0 Å². The maximum Gasteiger partial charge on any atom is 0.293 e. The van der Waals surface area contributed by atoms with Crippen LogP contribution in [-0.4, -0.2) is 16.0 Å². The van der Waals surface area contributed by atoms with Crippen molar-refractivity contribution in [2.24, 2.45) is 0 Å². The van der Waals surface area contributed by atoms with Crippen molar-refractivity contribution in [2.75, 3.05) is 0 Å². The van der Waals surface area contributed by atoms with Crippen molar-refractivity contribution in [2.45, 2.75) is 6.54 Å². The lowest BCUT2D eigenvalue weighted by Gasteiger charge is -2.12. The molecule has 0 atom stereocenters. The van der Waals surface area contributed by atoms with Crippen LogP contribution in [0.4, 0.5) is 9.18 Å². The number of nitrogens with zero attached hydrogens (tertiary/aromatic N) is 1. The summed E-state index contributed by atoms with van der Waals surface area (Å²) in [6.45, 7) is 0.102. The summed E-state index contributed by atoms with van der Waals surface area (Å²) in [6.07, 6.45) is 1.57. The Bertz CT molecular complexity index is 1070. The zero-order valence-electron chi connectivity index (χ0n) is 14.4. The van der Waals surface area contributed by atoms with Crippen LogP contribution in [0.3, 0.4) is 0 Å². The van der Waals surface area contributed by atoms with Gasteiger partial charge >= 0.3 is 0 Å². The highest BCUT2D eigenvalue weighted by Crippen LogP contribution is 2.34. The Kier molecular flexibility index (Phi) is 5.19. The molecule has 1 saturated heterocycles. The fraction of sp³-hybridized carbons (Fsp3) is 0.0476. The van der Waals surface area contributed by atoms with Crippen molar-refractivity contribution in [1.29, 1.82) is 0 Å². The molecule has 2 amide bonds. The van der Waals surface area contributed by atoms with Gasteiger partial charge in [-0.15, -0.1) is 0 Å². The third kappa shape index (κ3) is 3.95. The Balaban J connectivity index is 1.52. The van der Waals surface area contributed by atoms with Gasteiger partial charge < -0.3 is 4.42 Å². The van der Waals surface area contributed by atoms with Crippen molar-refractivity contribution in [3.05, 3.63) is 87.2 Å². The summed E-state index contributed by atoms with van der Waals surface area (Å²) in [5, 5.41) is -0.361. The number of carbonyl (C=O) groups excluding carboxylic acids is 2. The van der Waals surface area contributed by atoms with E-state index in [1.165, 1.54) is 12.1 Å². The first-order chi connectivity index (χ1) is 13.5. The van der Waals surface area contributed by atoms with Gasteiger partial charge in [-0.25, -0.2) is 4.39 Å². The van der Waals surface area contributed by atoms with E-state index < -0.39 is 0 Å². The van der Waals surface area contributed by atoms with Crippen LogP contribution in [0.1, 0.15) is 11.3 Å². The SMILES string of the molecule is O=C1S/C(=C\c2ccc(-c3ccc(Br)cc3)o2)C(=O)N1Cc1ccc(F)cc1. The van der Waals surface area contributed by atoms with E-state index in [0.717, 1.165) is 26.7 Å². The summed E-state index contributed by atoms with van der Waals surface area (Å²) in [4.78, 5) is 26.3. The van der Waals surface area contributed by atoms with Gasteiger partial charge in [-0.2, -0.15) is 0 Å². The number of benzene rings is 2. The molecule has 4 rings (SSSR count). The molecule has 0 N–H and O–H groups in total. The minimum absolute atomic E-state index is 0.102. The van der Waals surface area contributed by atoms with Gasteiger partial charge in [-0.1, -0.05) is 40.2 Å². The Morgan fingerprint density at radius 3 is 2.43 bits per heavy atom. The van der Waals surface area contributed by atoms with Crippen LogP contribution in [0.15, 0.2) is 74.5 Å². The summed E-state index contributed by atoms with van der Waals surface area (Å²) >= 11 is 4.26. The van der Waals surface area contributed by atoms with E-state index in [1.807, 2.05) is 30.3 Å². The van der Waals surface area contributed by atoms with Crippen molar-refractivity contribution in [1.82, 2.24) is 4.90 Å². The van der Waals surface area contributed by atoms with E-state index in [2.05, 4.69) is 15.9 Å². The molecular weight excluding hydrogens is 445 g/mol. The smallest absolute Gasteiger partial charge is 0.293 e. The summed E-state index contributed by atoms with van der Waals surface area (Å²) in [6, 6.07) is 17.0. The van der Waals surface area contributed by atoms with Crippen LogP contribution in [0.2, 0.25) is 0 Å². The number of imide groups is 1. The van der Waals surface area contributed by atoms with E-state index >= 15 is 0 Å². The topological polar surface area (TPSA) is 50.5 Å². The van der Waals surface area contributed by atoms with Gasteiger partial charge in [0.1, 0.15) is 17.3 Å². The molecule has 3 aromatic rings. The molecule has 28 heavy (non-hydrogen) atoms. The Morgan fingerprint density at radius 2 is 1.71 bits per heavy atom. The van der Waals surface area contributed by atoms with Gasteiger partial charge in [0.25, 0.3) is 11.1 Å². The first-order valence-electron chi connectivity index (χ1n) is 8.35. The zero-order valence-corrected chi connectivity index (χ0v) is 16.8. The molecule has 1 fully saturated rings. The molecule has 0 bridgehead atoms. The van der Waals surface area contributed by atoms with Gasteiger partial charge in [-0.3, -0.25) is 14.5 Å². The van der Waals surface area contributed by atoms with Crippen molar-refractivity contribution in [3.8, 4) is 11.3 Å². The number of rotatable bonds is 4. The molecule has 4 nitrogen and oxygen atoms in total. The standard InChI is InChI=1S/C21H13BrFNO3S/c22-15-5-3-14(4-6-15)18-10-9-17(27-18)11-19-20(25)24(21(26)28-19)12-13-1-7-16(23)8-2-13/h1-11H,12H2/b19-11-. The number of hydrogen-bond donors (Lipinski definition) is 0.